The fourth-order valence-corrected chi connectivity index (χ4v) is 2.82. The Morgan fingerprint density at radius 1 is 1.12 bits per heavy atom. The van der Waals surface area contributed by atoms with Crippen molar-refractivity contribution in [1.29, 1.82) is 0 Å². The molecule has 0 unspecified atom stereocenters. The number of carbonyl (C=O) groups excluding carboxylic acids is 1. The molecule has 0 radical (unpaired) electrons. The standard InChI is InChI=1S/C18H22N4O3/c1-12-10-15(21-18(19-12)22-8-4-5-9-22)17(23)20-14-7-6-13(24-2)11-16(14)25-3/h6-7,10-11H,4-5,8-9H2,1-3H3,(H,20,23). The third-order valence-corrected chi connectivity index (χ3v) is 4.12. The van der Waals surface area contributed by atoms with E-state index in [-0.39, 0.29) is 5.91 Å². The second-order valence-corrected chi connectivity index (χ2v) is 5.91. The molecule has 3 rings (SSSR count). The van der Waals surface area contributed by atoms with Gasteiger partial charge in [-0.3, -0.25) is 4.79 Å². The molecule has 2 heterocycles. The number of methoxy groups -OCH3 is 2. The maximum absolute atomic E-state index is 12.6. The van der Waals surface area contributed by atoms with E-state index in [4.69, 9.17) is 9.47 Å². The molecule has 1 aromatic carbocycles. The number of carbonyl (C=O) groups is 1. The molecule has 0 aliphatic carbocycles. The van der Waals surface area contributed by atoms with E-state index in [1.165, 1.54) is 0 Å². The maximum atomic E-state index is 12.6. The molecule has 7 nitrogen and oxygen atoms in total. The molecule has 132 valence electrons. The van der Waals surface area contributed by atoms with Gasteiger partial charge in [-0.1, -0.05) is 0 Å². The predicted molar refractivity (Wildman–Crippen MR) is 95.7 cm³/mol. The van der Waals surface area contributed by atoms with Crippen LogP contribution in [-0.2, 0) is 0 Å². The van der Waals surface area contributed by atoms with Crippen LogP contribution in [0.25, 0.3) is 0 Å². The molecule has 1 aromatic heterocycles. The average molecular weight is 342 g/mol. The van der Waals surface area contributed by atoms with Gasteiger partial charge in [0.05, 0.1) is 19.9 Å². The van der Waals surface area contributed by atoms with Gasteiger partial charge in [0.2, 0.25) is 5.95 Å². The summed E-state index contributed by atoms with van der Waals surface area (Å²) in [6.45, 7) is 3.72. The molecular weight excluding hydrogens is 320 g/mol. The highest BCUT2D eigenvalue weighted by molar-refractivity contribution is 6.04. The van der Waals surface area contributed by atoms with Crippen molar-refractivity contribution in [3.63, 3.8) is 0 Å². The van der Waals surface area contributed by atoms with Crippen LogP contribution < -0.4 is 19.7 Å². The Kier molecular flexibility index (Phi) is 5.02. The normalized spacial score (nSPS) is 13.6. The van der Waals surface area contributed by atoms with Crippen LogP contribution in [0.15, 0.2) is 24.3 Å². The molecular formula is C18H22N4O3. The number of nitrogens with one attached hydrogen (secondary N) is 1. The second-order valence-electron chi connectivity index (χ2n) is 5.91. The average Bonchev–Trinajstić information content (AvgIpc) is 3.16. The lowest BCUT2D eigenvalue weighted by atomic mass is 10.2. The van der Waals surface area contributed by atoms with Gasteiger partial charge in [-0.05, 0) is 38.0 Å². The van der Waals surface area contributed by atoms with Crippen LogP contribution in [0.1, 0.15) is 29.0 Å². The lowest BCUT2D eigenvalue weighted by Gasteiger charge is -2.16. The van der Waals surface area contributed by atoms with Crippen LogP contribution in [-0.4, -0.2) is 43.2 Å². The third-order valence-electron chi connectivity index (χ3n) is 4.12. The van der Waals surface area contributed by atoms with Gasteiger partial charge in [0, 0.05) is 24.8 Å². The van der Waals surface area contributed by atoms with Crippen molar-refractivity contribution in [2.45, 2.75) is 19.8 Å². The number of benzene rings is 1. The van der Waals surface area contributed by atoms with E-state index >= 15 is 0 Å². The van der Waals surface area contributed by atoms with Gasteiger partial charge in [-0.25, -0.2) is 9.97 Å². The molecule has 1 amide bonds. The Morgan fingerprint density at radius 2 is 1.88 bits per heavy atom. The molecule has 7 heteroatoms. The Bertz CT molecular complexity index is 773. The largest absolute Gasteiger partial charge is 0.497 e. The van der Waals surface area contributed by atoms with Gasteiger partial charge in [0.25, 0.3) is 5.91 Å². The van der Waals surface area contributed by atoms with E-state index in [0.717, 1.165) is 31.6 Å². The summed E-state index contributed by atoms with van der Waals surface area (Å²) >= 11 is 0. The summed E-state index contributed by atoms with van der Waals surface area (Å²) in [5.41, 5.74) is 1.67. The zero-order valence-electron chi connectivity index (χ0n) is 14.7. The number of hydrogen-bond acceptors (Lipinski definition) is 6. The summed E-state index contributed by atoms with van der Waals surface area (Å²) in [6, 6.07) is 6.91. The van der Waals surface area contributed by atoms with E-state index in [1.807, 2.05) is 6.92 Å². The minimum atomic E-state index is -0.297. The van der Waals surface area contributed by atoms with Gasteiger partial charge < -0.3 is 19.7 Å². The molecule has 0 spiro atoms. The second kappa shape index (κ2) is 7.38. The highest BCUT2D eigenvalue weighted by Gasteiger charge is 2.19. The zero-order valence-corrected chi connectivity index (χ0v) is 14.7. The summed E-state index contributed by atoms with van der Waals surface area (Å²) in [5, 5.41) is 2.85. The Hall–Kier alpha value is -2.83. The van der Waals surface area contributed by atoms with E-state index in [0.29, 0.717) is 28.8 Å². The number of aromatic nitrogens is 2. The first-order valence-corrected chi connectivity index (χ1v) is 8.24. The van der Waals surface area contributed by atoms with Gasteiger partial charge >= 0.3 is 0 Å². The Morgan fingerprint density at radius 3 is 2.56 bits per heavy atom. The summed E-state index contributed by atoms with van der Waals surface area (Å²) in [6.07, 6.45) is 2.25. The number of nitrogens with zero attached hydrogens (tertiary/aromatic N) is 3. The minimum Gasteiger partial charge on any atom is -0.497 e. The maximum Gasteiger partial charge on any atom is 0.274 e. The Labute approximate surface area is 147 Å². The molecule has 0 saturated carbocycles. The molecule has 0 atom stereocenters. The number of hydrogen-bond donors (Lipinski definition) is 1. The van der Waals surface area contributed by atoms with Crippen LogP contribution in [0.5, 0.6) is 11.5 Å². The molecule has 2 aromatic rings. The highest BCUT2D eigenvalue weighted by Crippen LogP contribution is 2.29. The SMILES string of the molecule is COc1ccc(NC(=O)c2cc(C)nc(N3CCCC3)n2)c(OC)c1. The number of anilines is 2. The quantitative estimate of drug-likeness (QED) is 0.900. The molecule has 1 aliphatic heterocycles. The van der Waals surface area contributed by atoms with Crippen LogP contribution in [0.3, 0.4) is 0 Å². The van der Waals surface area contributed by atoms with E-state index in [2.05, 4.69) is 20.2 Å². The molecule has 0 bridgehead atoms. The smallest absolute Gasteiger partial charge is 0.274 e. The number of aryl methyl sites for hydroxylation is 1. The molecule has 1 saturated heterocycles. The first-order chi connectivity index (χ1) is 12.1. The Balaban J connectivity index is 1.84. The summed E-state index contributed by atoms with van der Waals surface area (Å²) in [5.74, 6) is 1.50. The van der Waals surface area contributed by atoms with E-state index in [1.54, 1.807) is 38.5 Å². The predicted octanol–water partition coefficient (Wildman–Crippen LogP) is 2.65. The summed E-state index contributed by atoms with van der Waals surface area (Å²) in [4.78, 5) is 23.7. The van der Waals surface area contributed by atoms with Crippen molar-refractivity contribution < 1.29 is 14.3 Å². The van der Waals surface area contributed by atoms with Crippen molar-refractivity contribution in [2.24, 2.45) is 0 Å². The molecule has 25 heavy (non-hydrogen) atoms. The van der Waals surface area contributed by atoms with Crippen LogP contribution in [0, 0.1) is 6.92 Å². The van der Waals surface area contributed by atoms with Crippen LogP contribution >= 0.6 is 0 Å². The summed E-state index contributed by atoms with van der Waals surface area (Å²) in [7, 11) is 3.13. The fraction of sp³-hybridized carbons (Fsp3) is 0.389. The van der Waals surface area contributed by atoms with Crippen LogP contribution in [0.2, 0.25) is 0 Å². The van der Waals surface area contributed by atoms with E-state index in [9.17, 15) is 4.79 Å². The first-order valence-electron chi connectivity index (χ1n) is 8.24. The number of amides is 1. The minimum absolute atomic E-state index is 0.297. The van der Waals surface area contributed by atoms with Gasteiger partial charge in [0.1, 0.15) is 17.2 Å². The van der Waals surface area contributed by atoms with Crippen molar-refractivity contribution in [2.75, 3.05) is 37.5 Å². The van der Waals surface area contributed by atoms with Gasteiger partial charge in [-0.2, -0.15) is 0 Å². The molecule has 1 fully saturated rings. The monoisotopic (exact) mass is 342 g/mol. The van der Waals surface area contributed by atoms with Gasteiger partial charge in [-0.15, -0.1) is 0 Å². The van der Waals surface area contributed by atoms with E-state index < -0.39 is 0 Å². The topological polar surface area (TPSA) is 76.6 Å². The number of rotatable bonds is 5. The molecule has 1 N–H and O–H groups in total. The number of ether oxygens (including phenoxy) is 2. The summed E-state index contributed by atoms with van der Waals surface area (Å²) < 4.78 is 10.5. The highest BCUT2D eigenvalue weighted by atomic mass is 16.5. The zero-order chi connectivity index (χ0) is 17.8. The van der Waals surface area contributed by atoms with Crippen molar-refractivity contribution in [1.82, 2.24) is 9.97 Å². The van der Waals surface area contributed by atoms with Crippen LogP contribution in [0.4, 0.5) is 11.6 Å². The lowest BCUT2D eigenvalue weighted by molar-refractivity contribution is 0.102. The third kappa shape index (κ3) is 3.81. The van der Waals surface area contributed by atoms with Crippen molar-refractivity contribution in [3.8, 4) is 11.5 Å². The lowest BCUT2D eigenvalue weighted by Crippen LogP contribution is -2.23. The first kappa shape index (κ1) is 17.0. The van der Waals surface area contributed by atoms with Gasteiger partial charge in [0.15, 0.2) is 0 Å². The van der Waals surface area contributed by atoms with Crippen molar-refractivity contribution >= 4 is 17.5 Å². The fourth-order valence-electron chi connectivity index (χ4n) is 2.82. The van der Waals surface area contributed by atoms with Crippen molar-refractivity contribution in [3.05, 3.63) is 35.7 Å². The molecule has 1 aliphatic rings.